The van der Waals surface area contributed by atoms with E-state index < -0.39 is 0 Å². The Hall–Kier alpha value is -2.16. The van der Waals surface area contributed by atoms with Crippen molar-refractivity contribution in [2.75, 3.05) is 18.2 Å². The van der Waals surface area contributed by atoms with Crippen molar-refractivity contribution in [2.24, 2.45) is 0 Å². The van der Waals surface area contributed by atoms with Gasteiger partial charge < -0.3 is 15.8 Å². The lowest BCUT2D eigenvalue weighted by molar-refractivity contribution is 0.417. The number of ether oxygens (including phenoxy) is 1. The summed E-state index contributed by atoms with van der Waals surface area (Å²) in [4.78, 5) is 0. The molecule has 3 heteroatoms. The van der Waals surface area contributed by atoms with E-state index in [-0.39, 0.29) is 0 Å². The first-order chi connectivity index (χ1) is 9.61. The molecule has 0 aliphatic carbocycles. The molecule has 0 aliphatic heterocycles. The third-order valence-electron chi connectivity index (χ3n) is 3.42. The van der Waals surface area contributed by atoms with E-state index in [0.717, 1.165) is 12.2 Å². The summed E-state index contributed by atoms with van der Waals surface area (Å²) in [6.45, 7) is 5.14. The Morgan fingerprint density at radius 2 is 1.80 bits per heavy atom. The Morgan fingerprint density at radius 1 is 1.10 bits per heavy atom. The average molecular weight is 270 g/mol. The molecule has 0 fully saturated rings. The van der Waals surface area contributed by atoms with Gasteiger partial charge in [-0.1, -0.05) is 44.2 Å². The fourth-order valence-corrected chi connectivity index (χ4v) is 2.09. The maximum atomic E-state index is 6.03. The van der Waals surface area contributed by atoms with Gasteiger partial charge in [-0.2, -0.15) is 0 Å². The van der Waals surface area contributed by atoms with Crippen molar-refractivity contribution >= 4 is 11.4 Å². The second-order valence-electron chi connectivity index (χ2n) is 5.17. The van der Waals surface area contributed by atoms with E-state index in [2.05, 4.69) is 43.4 Å². The van der Waals surface area contributed by atoms with E-state index in [1.807, 2.05) is 18.2 Å². The zero-order valence-electron chi connectivity index (χ0n) is 12.3. The molecule has 0 atom stereocenters. The topological polar surface area (TPSA) is 47.3 Å². The van der Waals surface area contributed by atoms with Crippen molar-refractivity contribution in [3.8, 4) is 5.75 Å². The molecule has 0 saturated carbocycles. The summed E-state index contributed by atoms with van der Waals surface area (Å²) in [6, 6.07) is 14.4. The fraction of sp³-hybridized carbons (Fsp3) is 0.294. The van der Waals surface area contributed by atoms with Crippen LogP contribution < -0.4 is 15.8 Å². The lowest BCUT2D eigenvalue weighted by Crippen LogP contribution is -2.03. The number of benzene rings is 2. The number of methoxy groups -OCH3 is 1. The molecule has 2 rings (SSSR count). The summed E-state index contributed by atoms with van der Waals surface area (Å²) in [7, 11) is 1.63. The van der Waals surface area contributed by atoms with Crippen LogP contribution in [0.15, 0.2) is 42.5 Å². The molecule has 0 bridgehead atoms. The fourth-order valence-electron chi connectivity index (χ4n) is 2.09. The molecule has 0 amide bonds. The van der Waals surface area contributed by atoms with Gasteiger partial charge in [0.2, 0.25) is 0 Å². The lowest BCUT2D eigenvalue weighted by atomic mass is 10.0. The quantitative estimate of drug-likeness (QED) is 0.807. The summed E-state index contributed by atoms with van der Waals surface area (Å²) in [5, 5.41) is 3.35. The van der Waals surface area contributed by atoms with Gasteiger partial charge in [0.1, 0.15) is 5.75 Å². The zero-order chi connectivity index (χ0) is 14.5. The minimum Gasteiger partial charge on any atom is -0.495 e. The first-order valence-electron chi connectivity index (χ1n) is 6.87. The van der Waals surface area contributed by atoms with Crippen LogP contribution in [0, 0.1) is 0 Å². The molecule has 0 radical (unpaired) electrons. The number of nitrogen functional groups attached to an aromatic ring is 1. The van der Waals surface area contributed by atoms with Gasteiger partial charge >= 0.3 is 0 Å². The maximum absolute atomic E-state index is 6.03. The van der Waals surface area contributed by atoms with Crippen molar-refractivity contribution in [3.05, 3.63) is 53.6 Å². The summed E-state index contributed by atoms with van der Waals surface area (Å²) < 4.78 is 5.21. The van der Waals surface area contributed by atoms with Crippen LogP contribution in [0.1, 0.15) is 30.9 Å². The first-order valence-corrected chi connectivity index (χ1v) is 6.87. The first kappa shape index (κ1) is 14.3. The highest BCUT2D eigenvalue weighted by Crippen LogP contribution is 2.29. The van der Waals surface area contributed by atoms with Gasteiger partial charge in [0, 0.05) is 6.54 Å². The number of nitrogens with two attached hydrogens (primary N) is 1. The van der Waals surface area contributed by atoms with Crippen LogP contribution in [-0.2, 0) is 6.54 Å². The molecule has 0 aliphatic rings. The Morgan fingerprint density at radius 3 is 2.40 bits per heavy atom. The molecule has 0 unspecified atom stereocenters. The van der Waals surface area contributed by atoms with E-state index in [1.54, 1.807) is 7.11 Å². The van der Waals surface area contributed by atoms with Crippen molar-refractivity contribution in [2.45, 2.75) is 26.3 Å². The van der Waals surface area contributed by atoms with Gasteiger partial charge in [-0.3, -0.25) is 0 Å². The zero-order valence-corrected chi connectivity index (χ0v) is 12.3. The van der Waals surface area contributed by atoms with Gasteiger partial charge in [0.25, 0.3) is 0 Å². The molecule has 2 aromatic rings. The Kier molecular flexibility index (Phi) is 4.51. The van der Waals surface area contributed by atoms with Crippen molar-refractivity contribution in [3.63, 3.8) is 0 Å². The van der Waals surface area contributed by atoms with E-state index in [9.17, 15) is 0 Å². The summed E-state index contributed by atoms with van der Waals surface area (Å²) in [6.07, 6.45) is 0. The highest BCUT2D eigenvalue weighted by atomic mass is 16.5. The van der Waals surface area contributed by atoms with Crippen molar-refractivity contribution in [1.29, 1.82) is 0 Å². The van der Waals surface area contributed by atoms with Gasteiger partial charge in [0.15, 0.2) is 0 Å². The van der Waals surface area contributed by atoms with Crippen LogP contribution in [0.4, 0.5) is 11.4 Å². The lowest BCUT2D eigenvalue weighted by Gasteiger charge is -2.13. The monoisotopic (exact) mass is 270 g/mol. The molecule has 2 aromatic carbocycles. The number of para-hydroxylation sites is 1. The Bertz CT molecular complexity index is 562. The molecule has 3 N–H and O–H groups in total. The number of hydrogen-bond donors (Lipinski definition) is 2. The molecule has 20 heavy (non-hydrogen) atoms. The molecule has 3 nitrogen and oxygen atoms in total. The van der Waals surface area contributed by atoms with Crippen LogP contribution in [-0.4, -0.2) is 7.11 Å². The molecule has 0 saturated heterocycles. The SMILES string of the molecule is COc1cccc(NCc2ccc(C(C)C)cc2)c1N. The highest BCUT2D eigenvalue weighted by molar-refractivity contribution is 5.72. The van der Waals surface area contributed by atoms with E-state index >= 15 is 0 Å². The van der Waals surface area contributed by atoms with Gasteiger partial charge in [-0.15, -0.1) is 0 Å². The summed E-state index contributed by atoms with van der Waals surface area (Å²) in [5.74, 6) is 1.26. The summed E-state index contributed by atoms with van der Waals surface area (Å²) >= 11 is 0. The number of anilines is 2. The predicted octanol–water partition coefficient (Wildman–Crippen LogP) is 4.01. The minimum atomic E-state index is 0.561. The predicted molar refractivity (Wildman–Crippen MR) is 85.3 cm³/mol. The van der Waals surface area contributed by atoms with E-state index in [0.29, 0.717) is 17.4 Å². The molecule has 106 valence electrons. The van der Waals surface area contributed by atoms with Crippen LogP contribution in [0.25, 0.3) is 0 Å². The normalized spacial score (nSPS) is 10.6. The Labute approximate surface area is 120 Å². The standard InChI is InChI=1S/C17H22N2O/c1-12(2)14-9-7-13(8-10-14)11-19-15-5-4-6-16(20-3)17(15)18/h4-10,12,19H,11,18H2,1-3H3. The number of hydrogen-bond acceptors (Lipinski definition) is 3. The molecular weight excluding hydrogens is 248 g/mol. The Balaban J connectivity index is 2.05. The number of nitrogens with one attached hydrogen (secondary N) is 1. The van der Waals surface area contributed by atoms with Crippen LogP contribution in [0.2, 0.25) is 0 Å². The maximum Gasteiger partial charge on any atom is 0.143 e. The van der Waals surface area contributed by atoms with Gasteiger partial charge in [-0.25, -0.2) is 0 Å². The van der Waals surface area contributed by atoms with Crippen LogP contribution in [0.3, 0.4) is 0 Å². The van der Waals surface area contributed by atoms with Crippen molar-refractivity contribution < 1.29 is 4.74 Å². The van der Waals surface area contributed by atoms with Crippen LogP contribution >= 0.6 is 0 Å². The second kappa shape index (κ2) is 6.33. The molecule has 0 heterocycles. The summed E-state index contributed by atoms with van der Waals surface area (Å²) in [5.41, 5.74) is 10.2. The third kappa shape index (κ3) is 3.23. The van der Waals surface area contributed by atoms with Crippen LogP contribution in [0.5, 0.6) is 5.75 Å². The largest absolute Gasteiger partial charge is 0.495 e. The average Bonchev–Trinajstić information content (AvgIpc) is 2.46. The molecular formula is C17H22N2O. The van der Waals surface area contributed by atoms with E-state index in [4.69, 9.17) is 10.5 Å². The van der Waals surface area contributed by atoms with E-state index in [1.165, 1.54) is 11.1 Å². The number of rotatable bonds is 5. The highest BCUT2D eigenvalue weighted by Gasteiger charge is 2.05. The minimum absolute atomic E-state index is 0.561. The van der Waals surface area contributed by atoms with Gasteiger partial charge in [-0.05, 0) is 29.2 Å². The van der Waals surface area contributed by atoms with Gasteiger partial charge in [0.05, 0.1) is 18.5 Å². The third-order valence-corrected chi connectivity index (χ3v) is 3.42. The second-order valence-corrected chi connectivity index (χ2v) is 5.17. The molecule has 0 aromatic heterocycles. The smallest absolute Gasteiger partial charge is 0.143 e. The molecule has 0 spiro atoms. The van der Waals surface area contributed by atoms with Crippen molar-refractivity contribution in [1.82, 2.24) is 0 Å².